The van der Waals surface area contributed by atoms with Gasteiger partial charge in [0.15, 0.2) is 5.69 Å². The molecule has 0 atom stereocenters. The van der Waals surface area contributed by atoms with Crippen molar-refractivity contribution in [3.05, 3.63) is 57.9 Å². The predicted octanol–water partition coefficient (Wildman–Crippen LogP) is 1.70. The zero-order chi connectivity index (χ0) is 17.3. The van der Waals surface area contributed by atoms with Gasteiger partial charge < -0.3 is 4.74 Å². The maximum Gasteiger partial charge on any atom is 0.358 e. The molecule has 24 heavy (non-hydrogen) atoms. The number of ether oxygens (including phenoxy) is 1. The third kappa shape index (κ3) is 2.80. The number of para-hydroxylation sites is 1. The van der Waals surface area contributed by atoms with Crippen molar-refractivity contribution < 1.29 is 9.53 Å². The molecule has 0 radical (unpaired) electrons. The number of aryl methyl sites for hydroxylation is 4. The lowest BCUT2D eigenvalue weighted by Gasteiger charge is -2.09. The fourth-order valence-electron chi connectivity index (χ4n) is 2.64. The maximum absolute atomic E-state index is 12.6. The van der Waals surface area contributed by atoms with Gasteiger partial charge in [-0.15, -0.1) is 0 Å². The summed E-state index contributed by atoms with van der Waals surface area (Å²) in [7, 11) is 1.32. The smallest absolute Gasteiger partial charge is 0.358 e. The molecule has 0 bridgehead atoms. The van der Waals surface area contributed by atoms with Gasteiger partial charge in [-0.05, 0) is 31.5 Å². The van der Waals surface area contributed by atoms with Crippen molar-refractivity contribution in [2.24, 2.45) is 0 Å². The lowest BCUT2D eigenvalue weighted by molar-refractivity contribution is 0.0593. The molecule has 2 heterocycles. The van der Waals surface area contributed by atoms with Crippen molar-refractivity contribution in [3.63, 3.8) is 0 Å². The third-order valence-corrected chi connectivity index (χ3v) is 3.98. The highest BCUT2D eigenvalue weighted by Crippen LogP contribution is 2.11. The molecule has 0 saturated carbocycles. The molecule has 0 amide bonds. The van der Waals surface area contributed by atoms with Crippen LogP contribution >= 0.6 is 0 Å². The summed E-state index contributed by atoms with van der Waals surface area (Å²) in [6, 6.07) is 7.23. The lowest BCUT2D eigenvalue weighted by atomic mass is 10.1. The van der Waals surface area contributed by atoms with Crippen LogP contribution < -0.4 is 5.56 Å². The van der Waals surface area contributed by atoms with Crippen LogP contribution in [0, 0.1) is 13.8 Å². The zero-order valence-corrected chi connectivity index (χ0v) is 13.8. The summed E-state index contributed by atoms with van der Waals surface area (Å²) in [5.74, 6) is -0.475. The number of nitrogens with zero attached hydrogens (tertiary/aromatic N) is 4. The van der Waals surface area contributed by atoms with Crippen LogP contribution in [-0.4, -0.2) is 32.4 Å². The molecule has 3 rings (SSSR count). The zero-order valence-electron chi connectivity index (χ0n) is 13.8. The number of hydrogen-bond acceptors (Lipinski definition) is 5. The fraction of sp³-hybridized carbons (Fsp3) is 0.294. The Morgan fingerprint density at radius 3 is 2.79 bits per heavy atom. The van der Waals surface area contributed by atoms with Gasteiger partial charge in [0.25, 0.3) is 5.56 Å². The summed E-state index contributed by atoms with van der Waals surface area (Å²) in [6.07, 6.45) is 1.55. The van der Waals surface area contributed by atoms with E-state index >= 15 is 0 Å². The molecule has 0 N–H and O–H groups in total. The van der Waals surface area contributed by atoms with Crippen molar-refractivity contribution in [2.45, 2.75) is 26.9 Å². The first kappa shape index (κ1) is 15.9. The molecule has 0 spiro atoms. The summed E-state index contributed by atoms with van der Waals surface area (Å²) in [5.41, 5.74) is 2.70. The van der Waals surface area contributed by atoms with E-state index in [1.807, 2.05) is 26.0 Å². The van der Waals surface area contributed by atoms with E-state index < -0.39 is 5.97 Å². The van der Waals surface area contributed by atoms with Crippen LogP contribution in [-0.2, 0) is 17.8 Å². The largest absolute Gasteiger partial charge is 0.464 e. The SMILES string of the molecule is COC(=O)c1cc(C)n(CCn2cnc3c(C)cccc3c2=O)n1. The third-order valence-electron chi connectivity index (χ3n) is 3.98. The number of carbonyl (C=O) groups is 1. The van der Waals surface area contributed by atoms with Gasteiger partial charge in [-0.25, -0.2) is 9.78 Å². The average Bonchev–Trinajstić information content (AvgIpc) is 2.95. The van der Waals surface area contributed by atoms with E-state index in [0.717, 1.165) is 16.8 Å². The van der Waals surface area contributed by atoms with Crippen molar-refractivity contribution in [1.29, 1.82) is 0 Å². The van der Waals surface area contributed by atoms with Gasteiger partial charge in [0.05, 0.1) is 30.9 Å². The number of rotatable bonds is 4. The Morgan fingerprint density at radius 1 is 1.25 bits per heavy atom. The van der Waals surface area contributed by atoms with Crippen LogP contribution in [0.25, 0.3) is 10.9 Å². The predicted molar refractivity (Wildman–Crippen MR) is 89.0 cm³/mol. The number of hydrogen-bond donors (Lipinski definition) is 0. The molecule has 7 heteroatoms. The molecule has 1 aromatic carbocycles. The second-order valence-electron chi connectivity index (χ2n) is 5.60. The number of benzene rings is 1. The van der Waals surface area contributed by atoms with Gasteiger partial charge >= 0.3 is 5.97 Å². The summed E-state index contributed by atoms with van der Waals surface area (Å²) >= 11 is 0. The Labute approximate surface area is 138 Å². The second kappa shape index (κ2) is 6.27. The average molecular weight is 326 g/mol. The molecule has 0 saturated heterocycles. The van der Waals surface area contributed by atoms with Crippen LogP contribution in [0.1, 0.15) is 21.7 Å². The highest BCUT2D eigenvalue weighted by molar-refractivity contribution is 5.87. The summed E-state index contributed by atoms with van der Waals surface area (Å²) in [6.45, 7) is 4.66. The normalized spacial score (nSPS) is 11.0. The van der Waals surface area contributed by atoms with E-state index in [1.165, 1.54) is 7.11 Å². The van der Waals surface area contributed by atoms with Crippen molar-refractivity contribution >= 4 is 16.9 Å². The molecule has 7 nitrogen and oxygen atoms in total. The molecule has 0 fully saturated rings. The van der Waals surface area contributed by atoms with Gasteiger partial charge in [-0.1, -0.05) is 12.1 Å². The topological polar surface area (TPSA) is 79.0 Å². The van der Waals surface area contributed by atoms with Crippen LogP contribution in [0.4, 0.5) is 0 Å². The monoisotopic (exact) mass is 326 g/mol. The number of fused-ring (bicyclic) bond motifs is 1. The standard InChI is InChI=1S/C17H18N4O3/c1-11-5-4-6-13-15(11)18-10-20(16(13)22)7-8-21-12(2)9-14(19-21)17(23)24-3/h4-6,9-10H,7-8H2,1-3H3. The van der Waals surface area contributed by atoms with E-state index in [4.69, 9.17) is 0 Å². The Kier molecular flexibility index (Phi) is 4.16. The van der Waals surface area contributed by atoms with E-state index in [-0.39, 0.29) is 11.3 Å². The fourth-order valence-corrected chi connectivity index (χ4v) is 2.64. The number of carbonyl (C=O) groups excluding carboxylic acids is 1. The first-order chi connectivity index (χ1) is 11.5. The highest BCUT2D eigenvalue weighted by atomic mass is 16.5. The molecular weight excluding hydrogens is 308 g/mol. The van der Waals surface area contributed by atoms with Crippen LogP contribution in [0.15, 0.2) is 35.4 Å². The van der Waals surface area contributed by atoms with Crippen molar-refractivity contribution in [1.82, 2.24) is 19.3 Å². The van der Waals surface area contributed by atoms with E-state index in [0.29, 0.717) is 18.5 Å². The van der Waals surface area contributed by atoms with Crippen molar-refractivity contribution in [2.75, 3.05) is 7.11 Å². The molecule has 3 aromatic rings. The second-order valence-corrected chi connectivity index (χ2v) is 5.60. The molecule has 0 aliphatic carbocycles. The van der Waals surface area contributed by atoms with Crippen LogP contribution in [0.3, 0.4) is 0 Å². The van der Waals surface area contributed by atoms with E-state index in [2.05, 4.69) is 14.8 Å². The summed E-state index contributed by atoms with van der Waals surface area (Å²) in [4.78, 5) is 28.5. The summed E-state index contributed by atoms with van der Waals surface area (Å²) < 4.78 is 7.90. The number of aromatic nitrogens is 4. The lowest BCUT2D eigenvalue weighted by Crippen LogP contribution is -2.23. The first-order valence-electron chi connectivity index (χ1n) is 7.59. The highest BCUT2D eigenvalue weighted by Gasteiger charge is 2.12. The van der Waals surface area contributed by atoms with Gasteiger partial charge in [0.2, 0.25) is 0 Å². The molecule has 0 aliphatic rings. The van der Waals surface area contributed by atoms with E-state index in [9.17, 15) is 9.59 Å². The van der Waals surface area contributed by atoms with Gasteiger partial charge in [-0.3, -0.25) is 14.0 Å². The molecule has 2 aromatic heterocycles. The molecule has 0 aliphatic heterocycles. The Bertz CT molecular complexity index is 972. The van der Waals surface area contributed by atoms with Gasteiger partial charge in [0, 0.05) is 12.2 Å². The minimum atomic E-state index is -0.475. The van der Waals surface area contributed by atoms with Crippen LogP contribution in [0.5, 0.6) is 0 Å². The number of methoxy groups -OCH3 is 1. The number of esters is 1. The molecule has 124 valence electrons. The Morgan fingerprint density at radius 2 is 2.04 bits per heavy atom. The first-order valence-corrected chi connectivity index (χ1v) is 7.59. The minimum absolute atomic E-state index is 0.0818. The minimum Gasteiger partial charge on any atom is -0.464 e. The summed E-state index contributed by atoms with van der Waals surface area (Å²) in [5, 5.41) is 4.81. The maximum atomic E-state index is 12.6. The van der Waals surface area contributed by atoms with Crippen molar-refractivity contribution in [3.8, 4) is 0 Å². The van der Waals surface area contributed by atoms with Crippen LogP contribution in [0.2, 0.25) is 0 Å². The Hall–Kier alpha value is -2.96. The molecule has 0 unspecified atom stereocenters. The quantitative estimate of drug-likeness (QED) is 0.682. The molecular formula is C17H18N4O3. The van der Waals surface area contributed by atoms with Gasteiger partial charge in [0.1, 0.15) is 0 Å². The van der Waals surface area contributed by atoms with Gasteiger partial charge in [-0.2, -0.15) is 5.10 Å². The Balaban J connectivity index is 1.86. The van der Waals surface area contributed by atoms with E-state index in [1.54, 1.807) is 27.7 Å².